The van der Waals surface area contributed by atoms with E-state index in [1.807, 2.05) is 26.8 Å². The van der Waals surface area contributed by atoms with Crippen molar-refractivity contribution in [1.82, 2.24) is 5.32 Å². The summed E-state index contributed by atoms with van der Waals surface area (Å²) < 4.78 is 10.5. The Bertz CT molecular complexity index is 562. The smallest absolute Gasteiger partial charge is 0.412 e. The van der Waals surface area contributed by atoms with Crippen molar-refractivity contribution in [2.24, 2.45) is 0 Å². The van der Waals surface area contributed by atoms with E-state index >= 15 is 0 Å². The number of carbonyl (C=O) groups excluding carboxylic acids is 1. The van der Waals surface area contributed by atoms with Gasteiger partial charge in [-0.1, -0.05) is 6.07 Å². The van der Waals surface area contributed by atoms with Crippen molar-refractivity contribution in [1.29, 1.82) is 0 Å². The molecule has 3 rings (SSSR count). The van der Waals surface area contributed by atoms with Crippen LogP contribution in [-0.2, 0) is 15.9 Å². The highest BCUT2D eigenvalue weighted by atomic mass is 16.6. The Morgan fingerprint density at radius 2 is 2.09 bits per heavy atom. The van der Waals surface area contributed by atoms with Crippen molar-refractivity contribution >= 4 is 11.8 Å². The lowest BCUT2D eigenvalue weighted by Crippen LogP contribution is -2.46. The lowest BCUT2D eigenvalue weighted by molar-refractivity contribution is -0.0100. The maximum absolute atomic E-state index is 11.8. The third kappa shape index (κ3) is 3.59. The van der Waals surface area contributed by atoms with Gasteiger partial charge in [-0.15, -0.1) is 0 Å². The van der Waals surface area contributed by atoms with Gasteiger partial charge in [0.1, 0.15) is 5.60 Å². The van der Waals surface area contributed by atoms with Gasteiger partial charge in [0.15, 0.2) is 0 Å². The molecule has 0 saturated carbocycles. The highest BCUT2D eigenvalue weighted by Gasteiger charge is 2.28. The Kier molecular flexibility index (Phi) is 4.10. The van der Waals surface area contributed by atoms with Gasteiger partial charge in [-0.25, -0.2) is 4.79 Å². The summed E-state index contributed by atoms with van der Waals surface area (Å²) in [5.74, 6) is 0. The molecule has 2 aliphatic rings. The fourth-order valence-corrected chi connectivity index (χ4v) is 2.91. The molecule has 1 heterocycles. The van der Waals surface area contributed by atoms with Gasteiger partial charge in [0.2, 0.25) is 0 Å². The molecule has 1 unspecified atom stereocenters. The van der Waals surface area contributed by atoms with Crippen LogP contribution in [0.2, 0.25) is 0 Å². The summed E-state index contributed by atoms with van der Waals surface area (Å²) in [4.78, 5) is 11.8. The molecule has 1 aromatic rings. The average Bonchev–Trinajstić information content (AvgIpc) is 2.73. The van der Waals surface area contributed by atoms with E-state index in [0.717, 1.165) is 31.7 Å². The Labute approximate surface area is 131 Å². The number of ether oxygens (including phenoxy) is 2. The van der Waals surface area contributed by atoms with E-state index in [1.165, 1.54) is 11.1 Å². The molecular weight excluding hydrogens is 280 g/mol. The van der Waals surface area contributed by atoms with Crippen LogP contribution >= 0.6 is 0 Å². The molecule has 1 fully saturated rings. The van der Waals surface area contributed by atoms with Gasteiger partial charge in [-0.2, -0.15) is 0 Å². The molecule has 0 spiro atoms. The van der Waals surface area contributed by atoms with E-state index in [1.54, 1.807) is 0 Å². The standard InChI is InChI=1S/C17H24N2O3/c1-17(2,3)22-16(20)19-12-5-6-14-11(8-12)4-7-15(14)18-13-9-21-10-13/h5-6,8,13,15,18H,4,7,9-10H2,1-3H3,(H,19,20). The molecule has 0 bridgehead atoms. The summed E-state index contributed by atoms with van der Waals surface area (Å²) in [5.41, 5.74) is 2.94. The minimum Gasteiger partial charge on any atom is -0.444 e. The molecule has 22 heavy (non-hydrogen) atoms. The van der Waals surface area contributed by atoms with Gasteiger partial charge >= 0.3 is 6.09 Å². The van der Waals surface area contributed by atoms with Crippen LogP contribution in [0.1, 0.15) is 44.4 Å². The van der Waals surface area contributed by atoms with E-state index < -0.39 is 11.7 Å². The van der Waals surface area contributed by atoms with Gasteiger partial charge in [-0.05, 0) is 56.9 Å². The molecule has 1 aliphatic heterocycles. The first-order valence-electron chi connectivity index (χ1n) is 7.87. The fourth-order valence-electron chi connectivity index (χ4n) is 2.91. The number of benzene rings is 1. The second-order valence-electron chi connectivity index (χ2n) is 7.03. The molecule has 1 atom stereocenters. The van der Waals surface area contributed by atoms with Crippen LogP contribution in [0.4, 0.5) is 10.5 Å². The molecule has 1 saturated heterocycles. The third-order valence-corrected chi connectivity index (χ3v) is 3.94. The number of aryl methyl sites for hydroxylation is 1. The Morgan fingerprint density at radius 3 is 2.73 bits per heavy atom. The van der Waals surface area contributed by atoms with Crippen molar-refractivity contribution in [3.8, 4) is 0 Å². The third-order valence-electron chi connectivity index (χ3n) is 3.94. The Hall–Kier alpha value is -1.59. The monoisotopic (exact) mass is 304 g/mol. The molecule has 1 aromatic carbocycles. The van der Waals surface area contributed by atoms with E-state index in [2.05, 4.69) is 22.8 Å². The Morgan fingerprint density at radius 1 is 1.32 bits per heavy atom. The summed E-state index contributed by atoms with van der Waals surface area (Å²) in [5, 5.41) is 6.43. The van der Waals surface area contributed by atoms with Gasteiger partial charge < -0.3 is 14.8 Å². The number of nitrogens with one attached hydrogen (secondary N) is 2. The van der Waals surface area contributed by atoms with Crippen molar-refractivity contribution < 1.29 is 14.3 Å². The van der Waals surface area contributed by atoms with Crippen LogP contribution in [0.15, 0.2) is 18.2 Å². The molecule has 120 valence electrons. The minimum atomic E-state index is -0.485. The fraction of sp³-hybridized carbons (Fsp3) is 0.588. The van der Waals surface area contributed by atoms with Crippen molar-refractivity contribution in [2.75, 3.05) is 18.5 Å². The van der Waals surface area contributed by atoms with Crippen molar-refractivity contribution in [2.45, 2.75) is 51.3 Å². The van der Waals surface area contributed by atoms with Crippen LogP contribution < -0.4 is 10.6 Å². The quantitative estimate of drug-likeness (QED) is 0.901. The summed E-state index contributed by atoms with van der Waals surface area (Å²) in [6.45, 7) is 7.19. The van der Waals surface area contributed by atoms with Gasteiger partial charge in [-0.3, -0.25) is 5.32 Å². The predicted octanol–water partition coefficient (Wildman–Crippen LogP) is 3.01. The molecule has 1 aliphatic carbocycles. The van der Waals surface area contributed by atoms with Crippen molar-refractivity contribution in [3.63, 3.8) is 0 Å². The summed E-state index contributed by atoms with van der Waals surface area (Å²) in [7, 11) is 0. The number of carbonyl (C=O) groups is 1. The molecule has 5 heteroatoms. The first kappa shape index (κ1) is 15.3. The predicted molar refractivity (Wildman–Crippen MR) is 85.1 cm³/mol. The zero-order valence-corrected chi connectivity index (χ0v) is 13.4. The van der Waals surface area contributed by atoms with Crippen LogP contribution in [0.25, 0.3) is 0 Å². The normalized spacial score (nSPS) is 21.1. The number of hydrogen-bond donors (Lipinski definition) is 2. The maximum Gasteiger partial charge on any atom is 0.412 e. The first-order chi connectivity index (χ1) is 10.4. The lowest BCUT2D eigenvalue weighted by Gasteiger charge is -2.30. The van der Waals surface area contributed by atoms with E-state index in [-0.39, 0.29) is 0 Å². The maximum atomic E-state index is 11.8. The van der Waals surface area contributed by atoms with Gasteiger partial charge in [0, 0.05) is 11.7 Å². The molecular formula is C17H24N2O3. The largest absolute Gasteiger partial charge is 0.444 e. The van der Waals surface area contributed by atoms with Crippen LogP contribution in [0.5, 0.6) is 0 Å². The number of hydrogen-bond acceptors (Lipinski definition) is 4. The number of anilines is 1. The molecule has 1 amide bonds. The SMILES string of the molecule is CC(C)(C)OC(=O)Nc1ccc2c(c1)CCC2NC1COC1. The summed E-state index contributed by atoms with van der Waals surface area (Å²) in [6, 6.07) is 6.99. The van der Waals surface area contributed by atoms with Crippen molar-refractivity contribution in [3.05, 3.63) is 29.3 Å². The lowest BCUT2D eigenvalue weighted by atomic mass is 10.1. The van der Waals surface area contributed by atoms with Gasteiger partial charge in [0.25, 0.3) is 0 Å². The summed E-state index contributed by atoms with van der Waals surface area (Å²) >= 11 is 0. The average molecular weight is 304 g/mol. The zero-order valence-electron chi connectivity index (χ0n) is 13.4. The van der Waals surface area contributed by atoms with Gasteiger partial charge in [0.05, 0.1) is 19.3 Å². The van der Waals surface area contributed by atoms with E-state index in [4.69, 9.17) is 9.47 Å². The number of amides is 1. The molecule has 0 radical (unpaired) electrons. The number of rotatable bonds is 3. The van der Waals surface area contributed by atoms with Crippen LogP contribution in [0.3, 0.4) is 0 Å². The van der Waals surface area contributed by atoms with E-state index in [9.17, 15) is 4.79 Å². The topological polar surface area (TPSA) is 59.6 Å². The zero-order chi connectivity index (χ0) is 15.7. The number of fused-ring (bicyclic) bond motifs is 1. The first-order valence-corrected chi connectivity index (χ1v) is 7.87. The highest BCUT2D eigenvalue weighted by Crippen LogP contribution is 2.33. The minimum absolute atomic E-state index is 0.402. The molecule has 0 aromatic heterocycles. The van der Waals surface area contributed by atoms with Crippen LogP contribution in [0, 0.1) is 0 Å². The van der Waals surface area contributed by atoms with Crippen LogP contribution in [-0.4, -0.2) is 30.9 Å². The molecule has 2 N–H and O–H groups in total. The second-order valence-corrected chi connectivity index (χ2v) is 7.03. The molecule has 5 nitrogen and oxygen atoms in total. The highest BCUT2D eigenvalue weighted by molar-refractivity contribution is 5.85. The summed E-state index contributed by atoms with van der Waals surface area (Å²) in [6.07, 6.45) is 1.72. The Balaban J connectivity index is 1.63. The van der Waals surface area contributed by atoms with E-state index in [0.29, 0.717) is 12.1 Å². The second kappa shape index (κ2) is 5.89.